The van der Waals surface area contributed by atoms with Crippen molar-refractivity contribution in [3.05, 3.63) is 50.6 Å². The zero-order chi connectivity index (χ0) is 22.2. The Balaban J connectivity index is 7.73. The first kappa shape index (κ1) is 24.8. The molecule has 0 amide bonds. The van der Waals surface area contributed by atoms with Gasteiger partial charge in [0.2, 0.25) is 0 Å². The molecule has 1 atom stereocenters. The molecule has 4 N–H and O–H groups in total. The fourth-order valence-electron chi connectivity index (χ4n) is 4.06. The van der Waals surface area contributed by atoms with E-state index in [1.54, 1.807) is 0 Å². The van der Waals surface area contributed by atoms with Crippen LogP contribution < -0.4 is 0 Å². The minimum atomic E-state index is -3.68. The molecule has 0 aromatic carbocycles. The van der Waals surface area contributed by atoms with Crippen LogP contribution in [0, 0.1) is 16.2 Å². The van der Waals surface area contributed by atoms with Gasteiger partial charge >= 0.3 is 23.9 Å². The molecule has 154 valence electrons. The molecule has 28 heavy (non-hydrogen) atoms. The summed E-state index contributed by atoms with van der Waals surface area (Å²) < 4.78 is 0. The quantitative estimate of drug-likeness (QED) is 0.245. The highest BCUT2D eigenvalue weighted by molar-refractivity contribution is 6.20. The highest BCUT2D eigenvalue weighted by atomic mass is 16.4. The van der Waals surface area contributed by atoms with Gasteiger partial charge in [-0.25, -0.2) is 0 Å². The van der Waals surface area contributed by atoms with Crippen molar-refractivity contribution >= 4 is 23.9 Å². The Morgan fingerprint density at radius 1 is 0.643 bits per heavy atom. The molecular formula is C20H26O8. The van der Waals surface area contributed by atoms with E-state index in [0.717, 1.165) is 6.08 Å². The van der Waals surface area contributed by atoms with Gasteiger partial charge in [-0.15, -0.1) is 26.3 Å². The van der Waals surface area contributed by atoms with Crippen LogP contribution >= 0.6 is 0 Å². The molecule has 0 aliphatic carbocycles. The highest BCUT2D eigenvalue weighted by Crippen LogP contribution is 2.61. The van der Waals surface area contributed by atoms with Gasteiger partial charge in [-0.2, -0.15) is 0 Å². The Morgan fingerprint density at radius 2 is 1.04 bits per heavy atom. The third kappa shape index (κ3) is 3.49. The van der Waals surface area contributed by atoms with Crippen LogP contribution in [0.3, 0.4) is 0 Å². The lowest BCUT2D eigenvalue weighted by atomic mass is 9.45. The van der Waals surface area contributed by atoms with Crippen molar-refractivity contribution in [1.29, 1.82) is 0 Å². The molecule has 0 saturated heterocycles. The van der Waals surface area contributed by atoms with Crippen molar-refractivity contribution in [2.75, 3.05) is 0 Å². The van der Waals surface area contributed by atoms with Crippen LogP contribution in [0.4, 0.5) is 0 Å². The number of carboxylic acids is 4. The molecular weight excluding hydrogens is 368 g/mol. The minimum Gasteiger partial charge on any atom is -0.481 e. The predicted octanol–water partition coefficient (Wildman–Crippen LogP) is 2.98. The second-order valence-electron chi connectivity index (χ2n) is 6.46. The Labute approximate surface area is 163 Å². The molecule has 0 aromatic rings. The Hall–Kier alpha value is -3.16. The smallest absolute Gasteiger partial charge is 0.334 e. The Bertz CT molecular complexity index is 644. The largest absolute Gasteiger partial charge is 0.481 e. The van der Waals surface area contributed by atoms with E-state index in [1.807, 2.05) is 0 Å². The second kappa shape index (κ2) is 9.68. The van der Waals surface area contributed by atoms with Gasteiger partial charge < -0.3 is 20.4 Å². The van der Waals surface area contributed by atoms with Gasteiger partial charge in [0.05, 0.1) is 0 Å². The van der Waals surface area contributed by atoms with Crippen LogP contribution in [-0.4, -0.2) is 44.3 Å². The zero-order valence-corrected chi connectivity index (χ0v) is 15.6. The SMILES string of the molecule is C=CCCC(CC=C)(CC=C)C(CC=C)(C(=O)O)C(C(=O)O)(C(=O)O)C(=O)O. The van der Waals surface area contributed by atoms with Gasteiger partial charge in [0.1, 0.15) is 5.41 Å². The average molecular weight is 394 g/mol. The molecule has 1 unspecified atom stereocenters. The molecule has 0 spiro atoms. The lowest BCUT2D eigenvalue weighted by Gasteiger charge is -2.52. The van der Waals surface area contributed by atoms with Crippen LogP contribution in [-0.2, 0) is 19.2 Å². The van der Waals surface area contributed by atoms with E-state index in [9.17, 15) is 39.6 Å². The summed E-state index contributed by atoms with van der Waals surface area (Å²) in [7, 11) is 0. The molecule has 0 bridgehead atoms. The lowest BCUT2D eigenvalue weighted by molar-refractivity contribution is -0.208. The summed E-state index contributed by atoms with van der Waals surface area (Å²) in [5, 5.41) is 39.5. The minimum absolute atomic E-state index is 0.0513. The summed E-state index contributed by atoms with van der Waals surface area (Å²) in [6.07, 6.45) is 4.18. The van der Waals surface area contributed by atoms with Crippen LogP contribution in [0.5, 0.6) is 0 Å². The first-order valence-corrected chi connectivity index (χ1v) is 8.39. The van der Waals surface area contributed by atoms with Crippen LogP contribution in [0.1, 0.15) is 32.1 Å². The molecule has 8 heteroatoms. The maximum atomic E-state index is 12.6. The van der Waals surface area contributed by atoms with E-state index < -0.39 is 46.5 Å². The number of aliphatic carboxylic acids is 4. The van der Waals surface area contributed by atoms with Crippen molar-refractivity contribution < 1.29 is 39.6 Å². The fourth-order valence-corrected chi connectivity index (χ4v) is 4.06. The van der Waals surface area contributed by atoms with Gasteiger partial charge in [0.25, 0.3) is 5.41 Å². The van der Waals surface area contributed by atoms with Crippen molar-refractivity contribution in [3.63, 3.8) is 0 Å². The van der Waals surface area contributed by atoms with Crippen molar-refractivity contribution in [3.8, 4) is 0 Å². The van der Waals surface area contributed by atoms with Gasteiger partial charge in [-0.3, -0.25) is 19.2 Å². The molecule has 0 aliphatic rings. The van der Waals surface area contributed by atoms with Crippen molar-refractivity contribution in [2.45, 2.75) is 32.1 Å². The Kier molecular flexibility index (Phi) is 8.59. The molecule has 0 radical (unpaired) electrons. The van der Waals surface area contributed by atoms with E-state index in [1.165, 1.54) is 18.2 Å². The summed E-state index contributed by atoms with van der Waals surface area (Å²) in [5.74, 6) is -8.72. The van der Waals surface area contributed by atoms with E-state index in [-0.39, 0.29) is 25.7 Å². The monoisotopic (exact) mass is 394 g/mol. The van der Waals surface area contributed by atoms with Gasteiger partial charge in [-0.1, -0.05) is 24.3 Å². The first-order chi connectivity index (χ1) is 13.0. The molecule has 0 aromatic heterocycles. The van der Waals surface area contributed by atoms with Crippen LogP contribution in [0.2, 0.25) is 0 Å². The van der Waals surface area contributed by atoms with E-state index in [2.05, 4.69) is 26.3 Å². The van der Waals surface area contributed by atoms with Crippen molar-refractivity contribution in [1.82, 2.24) is 0 Å². The van der Waals surface area contributed by atoms with Gasteiger partial charge in [0, 0.05) is 0 Å². The number of carbonyl (C=O) groups is 4. The molecule has 8 nitrogen and oxygen atoms in total. The zero-order valence-electron chi connectivity index (χ0n) is 15.6. The summed E-state index contributed by atoms with van der Waals surface area (Å²) in [5.41, 5.74) is -8.13. The molecule has 0 rings (SSSR count). The lowest BCUT2D eigenvalue weighted by Crippen LogP contribution is -2.67. The summed E-state index contributed by atoms with van der Waals surface area (Å²) in [6, 6.07) is 0. The molecule has 0 saturated carbocycles. The van der Waals surface area contributed by atoms with Gasteiger partial charge in [0.15, 0.2) is 0 Å². The fraction of sp³-hybridized carbons (Fsp3) is 0.400. The summed E-state index contributed by atoms with van der Waals surface area (Å²) in [6.45, 7) is 14.1. The number of rotatable bonds is 15. The topological polar surface area (TPSA) is 149 Å². The standard InChI is InChI=1S/C20H26O8/c1-5-9-13-18(10-6-2,11-7-3)19(12-8-4,14(21)22)20(15(23)24,16(25)26)17(27)28/h5-8H,1-4,9-13H2,(H,21,22)(H,23,24)(H,25,26)(H,27,28). The third-order valence-electron chi connectivity index (χ3n) is 5.22. The van der Waals surface area contributed by atoms with E-state index in [0.29, 0.717) is 0 Å². The number of carboxylic acid groups (broad SMARTS) is 4. The highest BCUT2D eigenvalue weighted by Gasteiger charge is 2.77. The number of allylic oxidation sites excluding steroid dienone is 4. The maximum Gasteiger partial charge on any atom is 0.334 e. The van der Waals surface area contributed by atoms with E-state index >= 15 is 0 Å². The number of hydrogen-bond acceptors (Lipinski definition) is 4. The van der Waals surface area contributed by atoms with Crippen LogP contribution in [0.25, 0.3) is 0 Å². The second-order valence-corrected chi connectivity index (χ2v) is 6.46. The molecule has 0 fully saturated rings. The Morgan fingerprint density at radius 3 is 1.29 bits per heavy atom. The summed E-state index contributed by atoms with van der Waals surface area (Å²) >= 11 is 0. The third-order valence-corrected chi connectivity index (χ3v) is 5.22. The normalized spacial score (nSPS) is 13.6. The number of hydrogen-bond donors (Lipinski definition) is 4. The summed E-state index contributed by atoms with van der Waals surface area (Å²) in [4.78, 5) is 49.0. The first-order valence-electron chi connectivity index (χ1n) is 8.39. The van der Waals surface area contributed by atoms with Gasteiger partial charge in [-0.05, 0) is 37.5 Å². The van der Waals surface area contributed by atoms with E-state index in [4.69, 9.17) is 0 Å². The molecule has 0 heterocycles. The average Bonchev–Trinajstić information content (AvgIpc) is 2.58. The molecule has 0 aliphatic heterocycles. The maximum absolute atomic E-state index is 12.6. The van der Waals surface area contributed by atoms with Crippen molar-refractivity contribution in [2.24, 2.45) is 16.2 Å². The van der Waals surface area contributed by atoms with Crippen LogP contribution in [0.15, 0.2) is 50.6 Å². The predicted molar refractivity (Wildman–Crippen MR) is 102 cm³/mol.